The van der Waals surface area contributed by atoms with E-state index in [1.807, 2.05) is 54.6 Å². The summed E-state index contributed by atoms with van der Waals surface area (Å²) in [5.74, 6) is 0.460. The lowest BCUT2D eigenvalue weighted by Crippen LogP contribution is -2.12. The van der Waals surface area contributed by atoms with Gasteiger partial charge >= 0.3 is 5.97 Å². The molecule has 0 bridgehead atoms. The molecule has 21 heavy (non-hydrogen) atoms. The number of hydrogen-bond donors (Lipinski definition) is 0. The van der Waals surface area contributed by atoms with E-state index in [0.717, 1.165) is 16.9 Å². The highest BCUT2D eigenvalue weighted by Gasteiger charge is 2.47. The smallest absolute Gasteiger partial charge is 0.338 e. The van der Waals surface area contributed by atoms with Gasteiger partial charge in [0, 0.05) is 0 Å². The number of epoxide rings is 1. The summed E-state index contributed by atoms with van der Waals surface area (Å²) >= 11 is 0. The Morgan fingerprint density at radius 3 is 2.48 bits per heavy atom. The van der Waals surface area contributed by atoms with Crippen LogP contribution in [0.25, 0.3) is 0 Å². The number of benzene rings is 2. The molecule has 1 aliphatic heterocycles. The van der Waals surface area contributed by atoms with Crippen LogP contribution in [0.1, 0.15) is 17.2 Å². The second-order valence-corrected chi connectivity index (χ2v) is 4.84. The van der Waals surface area contributed by atoms with E-state index in [4.69, 9.17) is 14.2 Å². The van der Waals surface area contributed by atoms with Gasteiger partial charge in [-0.05, 0) is 23.3 Å². The molecule has 0 N–H and O–H groups in total. The second-order valence-electron chi connectivity index (χ2n) is 4.84. The molecule has 0 spiro atoms. The van der Waals surface area contributed by atoms with Gasteiger partial charge in [-0.25, -0.2) is 4.79 Å². The zero-order chi connectivity index (χ0) is 14.7. The lowest BCUT2D eigenvalue weighted by Gasteiger charge is -2.03. The van der Waals surface area contributed by atoms with Crippen LogP contribution in [-0.2, 0) is 20.9 Å². The molecule has 0 saturated carbocycles. The van der Waals surface area contributed by atoms with Gasteiger partial charge in [0.2, 0.25) is 0 Å². The van der Waals surface area contributed by atoms with Crippen molar-refractivity contribution in [2.75, 3.05) is 7.11 Å². The highest BCUT2D eigenvalue weighted by Crippen LogP contribution is 2.40. The van der Waals surface area contributed by atoms with Crippen molar-refractivity contribution in [1.82, 2.24) is 0 Å². The van der Waals surface area contributed by atoms with E-state index < -0.39 is 6.10 Å². The Balaban J connectivity index is 1.53. The minimum Gasteiger partial charge on any atom is -0.497 e. The van der Waals surface area contributed by atoms with Crippen molar-refractivity contribution in [2.24, 2.45) is 0 Å². The summed E-state index contributed by atoms with van der Waals surface area (Å²) in [6.07, 6.45) is -0.707. The molecule has 3 rings (SSSR count). The van der Waals surface area contributed by atoms with E-state index in [1.165, 1.54) is 0 Å². The zero-order valence-electron chi connectivity index (χ0n) is 11.7. The van der Waals surface area contributed by atoms with Gasteiger partial charge in [0.15, 0.2) is 6.10 Å². The van der Waals surface area contributed by atoms with Crippen LogP contribution in [0.2, 0.25) is 0 Å². The van der Waals surface area contributed by atoms with Crippen LogP contribution in [0.15, 0.2) is 54.6 Å². The van der Waals surface area contributed by atoms with E-state index in [9.17, 15) is 4.79 Å². The molecule has 0 unspecified atom stereocenters. The van der Waals surface area contributed by atoms with E-state index in [1.54, 1.807) is 7.11 Å². The molecule has 108 valence electrons. The standard InChI is InChI=1S/C17H16O4/c1-19-14-9-7-13(8-10-14)15-16(21-15)17(18)20-11-12-5-3-2-4-6-12/h2-10,15-16H,11H2,1H3/t15-,16-/m1/s1. The van der Waals surface area contributed by atoms with Crippen molar-refractivity contribution in [3.05, 3.63) is 65.7 Å². The van der Waals surface area contributed by atoms with Crippen molar-refractivity contribution < 1.29 is 19.0 Å². The van der Waals surface area contributed by atoms with E-state index in [-0.39, 0.29) is 18.7 Å². The molecule has 1 aliphatic rings. The van der Waals surface area contributed by atoms with Crippen LogP contribution in [0.3, 0.4) is 0 Å². The van der Waals surface area contributed by atoms with Gasteiger partial charge in [0.05, 0.1) is 7.11 Å². The number of carbonyl (C=O) groups is 1. The third-order valence-corrected chi connectivity index (χ3v) is 3.39. The predicted molar refractivity (Wildman–Crippen MR) is 76.8 cm³/mol. The summed E-state index contributed by atoms with van der Waals surface area (Å²) in [4.78, 5) is 11.9. The molecule has 4 nitrogen and oxygen atoms in total. The van der Waals surface area contributed by atoms with Gasteiger partial charge < -0.3 is 14.2 Å². The van der Waals surface area contributed by atoms with Crippen molar-refractivity contribution in [3.63, 3.8) is 0 Å². The summed E-state index contributed by atoms with van der Waals surface area (Å²) in [6, 6.07) is 17.1. The SMILES string of the molecule is COc1ccc([C@H]2O[C@H]2C(=O)OCc2ccccc2)cc1. The Kier molecular flexibility index (Phi) is 3.88. The summed E-state index contributed by atoms with van der Waals surface area (Å²) in [5.41, 5.74) is 1.92. The average molecular weight is 284 g/mol. The first-order valence-electron chi connectivity index (χ1n) is 6.78. The van der Waals surface area contributed by atoms with E-state index >= 15 is 0 Å². The summed E-state index contributed by atoms with van der Waals surface area (Å²) in [6.45, 7) is 0.273. The van der Waals surface area contributed by atoms with Gasteiger partial charge in [0.25, 0.3) is 0 Å². The third-order valence-electron chi connectivity index (χ3n) is 3.39. The molecule has 1 fully saturated rings. The number of carbonyl (C=O) groups excluding carboxylic acids is 1. The number of ether oxygens (including phenoxy) is 3. The molecule has 0 radical (unpaired) electrons. The molecule has 4 heteroatoms. The molecule has 2 atom stereocenters. The quantitative estimate of drug-likeness (QED) is 0.625. The van der Waals surface area contributed by atoms with Gasteiger partial charge in [0.1, 0.15) is 18.5 Å². The van der Waals surface area contributed by atoms with Crippen LogP contribution in [0.4, 0.5) is 0 Å². The van der Waals surface area contributed by atoms with E-state index in [0.29, 0.717) is 0 Å². The molecular weight excluding hydrogens is 268 g/mol. The topological polar surface area (TPSA) is 48.1 Å². The molecule has 2 aromatic carbocycles. The minimum atomic E-state index is -0.498. The fraction of sp³-hybridized carbons (Fsp3) is 0.235. The van der Waals surface area contributed by atoms with Crippen LogP contribution in [-0.4, -0.2) is 19.2 Å². The fourth-order valence-corrected chi connectivity index (χ4v) is 2.15. The van der Waals surface area contributed by atoms with Crippen molar-refractivity contribution >= 4 is 5.97 Å². The fourth-order valence-electron chi connectivity index (χ4n) is 2.15. The highest BCUT2D eigenvalue weighted by molar-refractivity contribution is 5.78. The molecule has 1 saturated heterocycles. The second kappa shape index (κ2) is 5.97. The lowest BCUT2D eigenvalue weighted by atomic mass is 10.1. The summed E-state index contributed by atoms with van der Waals surface area (Å²) < 4.78 is 15.8. The lowest BCUT2D eigenvalue weighted by molar-refractivity contribution is -0.146. The minimum absolute atomic E-state index is 0.209. The van der Waals surface area contributed by atoms with Crippen molar-refractivity contribution in [2.45, 2.75) is 18.8 Å². The third kappa shape index (κ3) is 3.23. The van der Waals surface area contributed by atoms with Crippen LogP contribution >= 0.6 is 0 Å². The Bertz CT molecular complexity index is 606. The molecule has 0 aromatic heterocycles. The Hall–Kier alpha value is -2.33. The predicted octanol–water partition coefficient (Wildman–Crippen LogP) is 2.88. The van der Waals surface area contributed by atoms with Crippen LogP contribution in [0, 0.1) is 0 Å². The molecule has 0 aliphatic carbocycles. The molecule has 1 heterocycles. The average Bonchev–Trinajstić information content (AvgIpc) is 3.34. The van der Waals surface area contributed by atoms with Crippen LogP contribution in [0.5, 0.6) is 5.75 Å². The maximum absolute atomic E-state index is 11.9. The number of hydrogen-bond acceptors (Lipinski definition) is 4. The maximum Gasteiger partial charge on any atom is 0.338 e. The molecule has 0 amide bonds. The van der Waals surface area contributed by atoms with Crippen molar-refractivity contribution in [3.8, 4) is 5.75 Å². The Morgan fingerprint density at radius 1 is 1.10 bits per heavy atom. The van der Waals surface area contributed by atoms with Gasteiger partial charge in [-0.3, -0.25) is 0 Å². The monoisotopic (exact) mass is 284 g/mol. The Labute approximate surface area is 123 Å². The highest BCUT2D eigenvalue weighted by atomic mass is 16.6. The first-order chi connectivity index (χ1) is 10.3. The van der Waals surface area contributed by atoms with Gasteiger partial charge in [-0.2, -0.15) is 0 Å². The first kappa shape index (κ1) is 13.6. The van der Waals surface area contributed by atoms with Gasteiger partial charge in [-0.15, -0.1) is 0 Å². The number of rotatable bonds is 5. The summed E-state index contributed by atoms with van der Waals surface area (Å²) in [7, 11) is 1.62. The zero-order valence-corrected chi connectivity index (χ0v) is 11.7. The van der Waals surface area contributed by atoms with Gasteiger partial charge in [-0.1, -0.05) is 42.5 Å². The van der Waals surface area contributed by atoms with Crippen LogP contribution < -0.4 is 4.74 Å². The Morgan fingerprint density at radius 2 is 1.81 bits per heavy atom. The maximum atomic E-state index is 11.9. The summed E-state index contributed by atoms with van der Waals surface area (Å²) in [5, 5.41) is 0. The first-order valence-corrected chi connectivity index (χ1v) is 6.78. The van der Waals surface area contributed by atoms with Crippen molar-refractivity contribution in [1.29, 1.82) is 0 Å². The normalized spacial score (nSPS) is 19.9. The number of methoxy groups -OCH3 is 1. The van der Waals surface area contributed by atoms with E-state index in [2.05, 4.69) is 0 Å². The molecule has 2 aromatic rings. The number of esters is 1. The molecular formula is C17H16O4. The largest absolute Gasteiger partial charge is 0.497 e.